The van der Waals surface area contributed by atoms with Crippen LogP contribution < -0.4 is 4.74 Å². The Morgan fingerprint density at radius 2 is 0.851 bits per heavy atom. The Morgan fingerprint density at radius 3 is 1.55 bits per heavy atom. The number of rotatable bonds is 3. The van der Waals surface area contributed by atoms with Gasteiger partial charge in [-0.2, -0.15) is 0 Å². The first-order chi connectivity index (χ1) is 23.3. The molecule has 10 rings (SSSR count). The van der Waals surface area contributed by atoms with Crippen LogP contribution in [0.4, 0.5) is 0 Å². The predicted octanol–water partition coefficient (Wildman–Crippen LogP) is 13.1. The normalized spacial score (nSPS) is 12.0. The van der Waals surface area contributed by atoms with Crippen molar-refractivity contribution < 1.29 is 4.74 Å². The molecule has 0 amide bonds. The SMILES string of the molecule is c1ccc(-c2c3ccccc3c(-c3ccc(-c4ccc5c(c4)Oc4cccc6cccc-5c46)c4ccccc34)c3ccccc23)cc1. The molecule has 9 aromatic rings. The molecule has 218 valence electrons. The van der Waals surface area contributed by atoms with Gasteiger partial charge < -0.3 is 4.74 Å². The van der Waals surface area contributed by atoms with Gasteiger partial charge in [0.1, 0.15) is 11.5 Å². The van der Waals surface area contributed by atoms with E-state index in [1.807, 2.05) is 0 Å². The Labute approximate surface area is 272 Å². The lowest BCUT2D eigenvalue weighted by molar-refractivity contribution is 0.487. The van der Waals surface area contributed by atoms with Gasteiger partial charge in [0.05, 0.1) is 0 Å². The van der Waals surface area contributed by atoms with E-state index in [1.165, 1.54) is 76.5 Å². The molecule has 1 nitrogen and oxygen atoms in total. The van der Waals surface area contributed by atoms with Gasteiger partial charge in [0.15, 0.2) is 0 Å². The van der Waals surface area contributed by atoms with E-state index < -0.39 is 0 Å². The van der Waals surface area contributed by atoms with Gasteiger partial charge in [-0.25, -0.2) is 0 Å². The molecule has 1 heterocycles. The van der Waals surface area contributed by atoms with E-state index in [0.29, 0.717) is 0 Å². The van der Waals surface area contributed by atoms with Crippen molar-refractivity contribution in [2.75, 3.05) is 0 Å². The van der Waals surface area contributed by atoms with Crippen molar-refractivity contribution in [1.82, 2.24) is 0 Å². The summed E-state index contributed by atoms with van der Waals surface area (Å²) in [6.45, 7) is 0. The molecule has 0 aliphatic carbocycles. The van der Waals surface area contributed by atoms with Gasteiger partial charge in [0.2, 0.25) is 0 Å². The summed E-state index contributed by atoms with van der Waals surface area (Å²) < 4.78 is 6.56. The van der Waals surface area contributed by atoms with Crippen molar-refractivity contribution >= 4 is 43.1 Å². The van der Waals surface area contributed by atoms with Crippen molar-refractivity contribution in [3.63, 3.8) is 0 Å². The van der Waals surface area contributed by atoms with E-state index in [0.717, 1.165) is 22.6 Å². The third-order valence-electron chi connectivity index (χ3n) is 9.86. The van der Waals surface area contributed by atoms with Crippen LogP contribution in [0.2, 0.25) is 0 Å². The molecule has 9 aromatic carbocycles. The molecule has 0 spiro atoms. The van der Waals surface area contributed by atoms with E-state index in [1.54, 1.807) is 0 Å². The molecule has 0 atom stereocenters. The van der Waals surface area contributed by atoms with E-state index >= 15 is 0 Å². The Morgan fingerprint density at radius 1 is 0.298 bits per heavy atom. The highest BCUT2D eigenvalue weighted by Crippen LogP contribution is 2.49. The van der Waals surface area contributed by atoms with Crippen molar-refractivity contribution in [2.24, 2.45) is 0 Å². The monoisotopic (exact) mass is 596 g/mol. The second-order valence-corrected chi connectivity index (χ2v) is 12.4. The highest BCUT2D eigenvalue weighted by Gasteiger charge is 2.22. The fourth-order valence-corrected chi connectivity index (χ4v) is 7.83. The molecule has 47 heavy (non-hydrogen) atoms. The average molecular weight is 597 g/mol. The standard InChI is InChI=1S/C46H28O/c1-2-12-29(13-3-1)44-37-18-6-8-20-39(37)46(40-21-9-7-19-38(40)44)41-27-26-32(33-16-4-5-17-34(33)41)31-24-25-35-36-22-10-14-30-15-11-23-42(45(30)36)47-43(35)28-31/h1-28H. The molecule has 1 heteroatoms. The Balaban J connectivity index is 1.20. The first kappa shape index (κ1) is 26.1. The van der Waals surface area contributed by atoms with Crippen LogP contribution >= 0.6 is 0 Å². The van der Waals surface area contributed by atoms with Crippen molar-refractivity contribution in [3.05, 3.63) is 170 Å². The molecule has 1 aliphatic rings. The van der Waals surface area contributed by atoms with Crippen LogP contribution in [0.3, 0.4) is 0 Å². The molecule has 0 bridgehead atoms. The third-order valence-corrected chi connectivity index (χ3v) is 9.86. The molecular weight excluding hydrogens is 569 g/mol. The largest absolute Gasteiger partial charge is 0.456 e. The molecule has 1 aliphatic heterocycles. The third kappa shape index (κ3) is 3.90. The summed E-state index contributed by atoms with van der Waals surface area (Å²) >= 11 is 0. The number of hydrogen-bond acceptors (Lipinski definition) is 1. The molecule has 0 aromatic heterocycles. The van der Waals surface area contributed by atoms with Crippen molar-refractivity contribution in [1.29, 1.82) is 0 Å². The fourth-order valence-electron chi connectivity index (χ4n) is 7.83. The first-order valence-electron chi connectivity index (χ1n) is 16.2. The van der Waals surface area contributed by atoms with Crippen LogP contribution in [-0.4, -0.2) is 0 Å². The smallest absolute Gasteiger partial charge is 0.135 e. The van der Waals surface area contributed by atoms with E-state index in [2.05, 4.69) is 170 Å². The minimum atomic E-state index is 0.898. The maximum absolute atomic E-state index is 6.56. The molecular formula is C46H28O. The van der Waals surface area contributed by atoms with E-state index in [9.17, 15) is 0 Å². The van der Waals surface area contributed by atoms with Gasteiger partial charge in [-0.1, -0.05) is 152 Å². The molecule has 0 saturated heterocycles. The minimum absolute atomic E-state index is 0.898. The molecule has 0 N–H and O–H groups in total. The number of hydrogen-bond donors (Lipinski definition) is 0. The zero-order valence-corrected chi connectivity index (χ0v) is 25.6. The van der Waals surface area contributed by atoms with Crippen LogP contribution in [0.5, 0.6) is 11.5 Å². The Bertz CT molecular complexity index is 2640. The fraction of sp³-hybridized carbons (Fsp3) is 0. The van der Waals surface area contributed by atoms with E-state index in [-0.39, 0.29) is 0 Å². The summed E-state index contributed by atoms with van der Waals surface area (Å²) in [6.07, 6.45) is 0. The molecule has 0 radical (unpaired) electrons. The van der Waals surface area contributed by atoms with Crippen molar-refractivity contribution in [3.8, 4) is 56.0 Å². The van der Waals surface area contributed by atoms with Crippen LogP contribution in [0, 0.1) is 0 Å². The number of fused-ring (bicyclic) bond motifs is 5. The second-order valence-electron chi connectivity index (χ2n) is 12.4. The zero-order chi connectivity index (χ0) is 30.9. The van der Waals surface area contributed by atoms with Gasteiger partial charge in [-0.15, -0.1) is 0 Å². The van der Waals surface area contributed by atoms with Crippen LogP contribution in [0.25, 0.3) is 87.6 Å². The summed E-state index contributed by atoms with van der Waals surface area (Å²) in [7, 11) is 0. The maximum Gasteiger partial charge on any atom is 0.135 e. The minimum Gasteiger partial charge on any atom is -0.456 e. The van der Waals surface area contributed by atoms with Gasteiger partial charge in [0, 0.05) is 10.9 Å². The summed E-state index contributed by atoms with van der Waals surface area (Å²) in [5.74, 6) is 1.82. The lowest BCUT2D eigenvalue weighted by atomic mass is 9.83. The highest BCUT2D eigenvalue weighted by molar-refractivity contribution is 6.24. The van der Waals surface area contributed by atoms with Crippen LogP contribution in [0.1, 0.15) is 0 Å². The molecule has 0 saturated carbocycles. The lowest BCUT2D eigenvalue weighted by Gasteiger charge is -2.22. The Hall–Kier alpha value is -6.18. The van der Waals surface area contributed by atoms with Gasteiger partial charge in [0.25, 0.3) is 0 Å². The predicted molar refractivity (Wildman–Crippen MR) is 198 cm³/mol. The zero-order valence-electron chi connectivity index (χ0n) is 25.6. The first-order valence-corrected chi connectivity index (χ1v) is 16.2. The summed E-state index contributed by atoms with van der Waals surface area (Å²) in [6, 6.07) is 61.5. The lowest BCUT2D eigenvalue weighted by Crippen LogP contribution is -1.97. The second kappa shape index (κ2) is 10.2. The summed E-state index contributed by atoms with van der Waals surface area (Å²) in [5, 5.41) is 9.90. The number of benzene rings is 9. The van der Waals surface area contributed by atoms with Gasteiger partial charge in [-0.05, 0) is 94.8 Å². The highest BCUT2D eigenvalue weighted by atomic mass is 16.5. The van der Waals surface area contributed by atoms with E-state index in [4.69, 9.17) is 4.74 Å². The Kier molecular flexibility index (Phi) is 5.64. The van der Waals surface area contributed by atoms with Gasteiger partial charge >= 0.3 is 0 Å². The quantitative estimate of drug-likeness (QED) is 0.184. The van der Waals surface area contributed by atoms with Gasteiger partial charge in [-0.3, -0.25) is 0 Å². The molecule has 0 fully saturated rings. The topological polar surface area (TPSA) is 9.23 Å². The van der Waals surface area contributed by atoms with Crippen LogP contribution in [0.15, 0.2) is 170 Å². The summed E-state index contributed by atoms with van der Waals surface area (Å²) in [5.41, 5.74) is 9.74. The summed E-state index contributed by atoms with van der Waals surface area (Å²) in [4.78, 5) is 0. The van der Waals surface area contributed by atoms with Crippen LogP contribution in [-0.2, 0) is 0 Å². The van der Waals surface area contributed by atoms with Crippen molar-refractivity contribution in [2.45, 2.75) is 0 Å². The molecule has 0 unspecified atom stereocenters. The maximum atomic E-state index is 6.56. The number of ether oxygens (including phenoxy) is 1. The average Bonchev–Trinajstić information content (AvgIpc) is 3.14.